The molecule has 1 aromatic heterocycles. The molecule has 188 valence electrons. The van der Waals surface area contributed by atoms with E-state index in [-0.39, 0.29) is 5.78 Å². The SMILES string of the molecule is Cc1cc2c(C(=O)CCCCCCCCCNCCCN)cc(-c3ccc(Cl)cc3)nc2cc1Cl. The Labute approximate surface area is 219 Å². The largest absolute Gasteiger partial charge is 0.330 e. The number of nitrogens with one attached hydrogen (secondary N) is 1. The van der Waals surface area contributed by atoms with Crippen LogP contribution in [0, 0.1) is 6.92 Å². The molecule has 0 aliphatic rings. The maximum absolute atomic E-state index is 13.3. The maximum atomic E-state index is 13.3. The first-order valence-corrected chi connectivity index (χ1v) is 13.6. The summed E-state index contributed by atoms with van der Waals surface area (Å²) < 4.78 is 0. The topological polar surface area (TPSA) is 68.0 Å². The zero-order valence-corrected chi connectivity index (χ0v) is 22.2. The molecule has 4 nitrogen and oxygen atoms in total. The van der Waals surface area contributed by atoms with Crippen LogP contribution < -0.4 is 11.1 Å². The summed E-state index contributed by atoms with van der Waals surface area (Å²) in [6.07, 6.45) is 9.72. The first kappa shape index (κ1) is 27.6. The molecule has 35 heavy (non-hydrogen) atoms. The lowest BCUT2D eigenvalue weighted by Gasteiger charge is -2.11. The van der Waals surface area contributed by atoms with E-state index in [9.17, 15) is 4.79 Å². The van der Waals surface area contributed by atoms with Crippen molar-refractivity contribution in [2.75, 3.05) is 19.6 Å². The number of unbranched alkanes of at least 4 members (excludes halogenated alkanes) is 6. The molecule has 0 fully saturated rings. The quantitative estimate of drug-likeness (QED) is 0.161. The Kier molecular flexibility index (Phi) is 11.5. The van der Waals surface area contributed by atoms with Crippen LogP contribution in [0.3, 0.4) is 0 Å². The minimum Gasteiger partial charge on any atom is -0.330 e. The van der Waals surface area contributed by atoms with E-state index in [0.29, 0.717) is 16.5 Å². The summed E-state index contributed by atoms with van der Waals surface area (Å²) in [6.45, 7) is 4.81. The van der Waals surface area contributed by atoms with Gasteiger partial charge in [-0.3, -0.25) is 4.79 Å². The van der Waals surface area contributed by atoms with E-state index >= 15 is 0 Å². The summed E-state index contributed by atoms with van der Waals surface area (Å²) in [7, 11) is 0. The first-order valence-electron chi connectivity index (χ1n) is 12.8. The third-order valence-corrected chi connectivity index (χ3v) is 7.00. The second-order valence-corrected chi connectivity index (χ2v) is 10.1. The van der Waals surface area contributed by atoms with E-state index in [0.717, 1.165) is 72.2 Å². The first-order chi connectivity index (χ1) is 17.0. The lowest BCUT2D eigenvalue weighted by atomic mass is 9.97. The van der Waals surface area contributed by atoms with E-state index < -0.39 is 0 Å². The number of ketones is 1. The van der Waals surface area contributed by atoms with Crippen molar-refractivity contribution in [2.45, 2.75) is 64.7 Å². The van der Waals surface area contributed by atoms with Gasteiger partial charge in [0.2, 0.25) is 0 Å². The van der Waals surface area contributed by atoms with Crippen molar-refractivity contribution >= 4 is 39.9 Å². The van der Waals surface area contributed by atoms with Gasteiger partial charge in [-0.15, -0.1) is 0 Å². The van der Waals surface area contributed by atoms with Gasteiger partial charge < -0.3 is 11.1 Å². The maximum Gasteiger partial charge on any atom is 0.163 e. The molecule has 2 aromatic carbocycles. The van der Waals surface area contributed by atoms with Crippen LogP contribution in [0.2, 0.25) is 10.0 Å². The Bertz CT molecular complexity index is 1100. The Morgan fingerprint density at radius 3 is 2.26 bits per heavy atom. The summed E-state index contributed by atoms with van der Waals surface area (Å²) in [5.41, 5.74) is 9.60. The number of rotatable bonds is 15. The molecule has 0 spiro atoms. The van der Waals surface area contributed by atoms with Gasteiger partial charge >= 0.3 is 0 Å². The Morgan fingerprint density at radius 2 is 1.54 bits per heavy atom. The van der Waals surface area contributed by atoms with Crippen molar-refractivity contribution in [1.29, 1.82) is 0 Å². The number of carbonyl (C=O) groups is 1. The van der Waals surface area contributed by atoms with Gasteiger partial charge in [-0.1, -0.05) is 67.4 Å². The molecule has 0 atom stereocenters. The van der Waals surface area contributed by atoms with E-state index in [4.69, 9.17) is 33.9 Å². The van der Waals surface area contributed by atoms with Crippen LogP contribution in [-0.2, 0) is 0 Å². The van der Waals surface area contributed by atoms with Crippen molar-refractivity contribution in [2.24, 2.45) is 5.73 Å². The van der Waals surface area contributed by atoms with Crippen LogP contribution in [0.1, 0.15) is 73.7 Å². The number of Topliss-reactive ketones (excluding diaryl/α,β-unsaturated/α-hetero) is 1. The second kappa shape index (κ2) is 14.5. The van der Waals surface area contributed by atoms with Crippen molar-refractivity contribution in [1.82, 2.24) is 10.3 Å². The molecule has 3 N–H and O–H groups in total. The van der Waals surface area contributed by atoms with Gasteiger partial charge in [0, 0.05) is 33.0 Å². The fraction of sp³-hybridized carbons (Fsp3) is 0.448. The predicted octanol–water partition coefficient (Wildman–Crippen LogP) is 7.76. The molecule has 0 bridgehead atoms. The van der Waals surface area contributed by atoms with Crippen LogP contribution in [0.5, 0.6) is 0 Å². The highest BCUT2D eigenvalue weighted by molar-refractivity contribution is 6.32. The van der Waals surface area contributed by atoms with E-state index in [1.807, 2.05) is 49.4 Å². The zero-order chi connectivity index (χ0) is 25.0. The highest BCUT2D eigenvalue weighted by atomic mass is 35.5. The van der Waals surface area contributed by atoms with Crippen LogP contribution in [0.4, 0.5) is 0 Å². The standard InChI is InChI=1S/C29H37Cl2N3O/c1-21-18-24-25(29(35)10-7-5-3-2-4-6-8-16-33-17-9-15-32)19-27(34-28(24)20-26(21)31)22-11-13-23(30)14-12-22/h11-14,18-20,33H,2-10,15-17,32H2,1H3. The van der Waals surface area contributed by atoms with Gasteiger partial charge in [0.15, 0.2) is 5.78 Å². The number of fused-ring (bicyclic) bond motifs is 1. The molecule has 3 rings (SSSR count). The van der Waals surface area contributed by atoms with Crippen LogP contribution in [-0.4, -0.2) is 30.4 Å². The summed E-state index contributed by atoms with van der Waals surface area (Å²) in [5, 5.41) is 5.62. The third-order valence-electron chi connectivity index (χ3n) is 6.34. The molecule has 0 amide bonds. The fourth-order valence-electron chi connectivity index (χ4n) is 4.26. The molecule has 0 aliphatic heterocycles. The number of benzene rings is 2. The molecule has 0 saturated heterocycles. The number of halogens is 2. The van der Waals surface area contributed by atoms with Crippen LogP contribution >= 0.6 is 23.2 Å². The van der Waals surface area contributed by atoms with Crippen molar-refractivity contribution in [3.05, 3.63) is 63.6 Å². The summed E-state index contributed by atoms with van der Waals surface area (Å²) >= 11 is 12.4. The minimum atomic E-state index is 0.165. The van der Waals surface area contributed by atoms with Gasteiger partial charge in [0.25, 0.3) is 0 Å². The highest BCUT2D eigenvalue weighted by Crippen LogP contribution is 2.30. The van der Waals surface area contributed by atoms with Crippen molar-refractivity contribution in [3.8, 4) is 11.3 Å². The fourth-order valence-corrected chi connectivity index (χ4v) is 4.55. The lowest BCUT2D eigenvalue weighted by Crippen LogP contribution is -2.19. The van der Waals surface area contributed by atoms with E-state index in [2.05, 4.69) is 5.32 Å². The third kappa shape index (κ3) is 8.57. The summed E-state index contributed by atoms with van der Waals surface area (Å²) in [6, 6.07) is 13.3. The van der Waals surface area contributed by atoms with Gasteiger partial charge in [0.1, 0.15) is 0 Å². The number of carbonyl (C=O) groups excluding carboxylic acids is 1. The predicted molar refractivity (Wildman–Crippen MR) is 150 cm³/mol. The molecular weight excluding hydrogens is 477 g/mol. The van der Waals surface area contributed by atoms with Gasteiger partial charge in [0.05, 0.1) is 11.2 Å². The van der Waals surface area contributed by atoms with Gasteiger partial charge in [-0.2, -0.15) is 0 Å². The normalized spacial score (nSPS) is 11.3. The van der Waals surface area contributed by atoms with Crippen molar-refractivity contribution in [3.63, 3.8) is 0 Å². The monoisotopic (exact) mass is 513 g/mol. The molecule has 0 unspecified atom stereocenters. The Balaban J connectivity index is 1.55. The molecule has 0 radical (unpaired) electrons. The van der Waals surface area contributed by atoms with Crippen LogP contribution in [0.25, 0.3) is 22.2 Å². The van der Waals surface area contributed by atoms with Crippen molar-refractivity contribution < 1.29 is 4.79 Å². The number of hydrogen-bond acceptors (Lipinski definition) is 4. The number of pyridine rings is 1. The van der Waals surface area contributed by atoms with Gasteiger partial charge in [-0.05, 0) is 81.7 Å². The molecule has 0 saturated carbocycles. The number of hydrogen-bond donors (Lipinski definition) is 2. The number of nitrogens with two attached hydrogens (primary N) is 1. The Morgan fingerprint density at radius 1 is 0.886 bits per heavy atom. The number of nitrogens with zero attached hydrogens (tertiary/aromatic N) is 1. The molecule has 3 aromatic rings. The smallest absolute Gasteiger partial charge is 0.163 e. The van der Waals surface area contributed by atoms with Gasteiger partial charge in [-0.25, -0.2) is 4.98 Å². The second-order valence-electron chi connectivity index (χ2n) is 9.22. The number of aromatic nitrogens is 1. The number of aryl methyl sites for hydroxylation is 1. The van der Waals surface area contributed by atoms with E-state index in [1.165, 1.54) is 32.1 Å². The molecular formula is C29H37Cl2N3O. The summed E-state index contributed by atoms with van der Waals surface area (Å²) in [4.78, 5) is 18.1. The lowest BCUT2D eigenvalue weighted by molar-refractivity contribution is 0.0980. The zero-order valence-electron chi connectivity index (χ0n) is 20.7. The minimum absolute atomic E-state index is 0.165. The molecule has 1 heterocycles. The molecule has 6 heteroatoms. The average Bonchev–Trinajstić information content (AvgIpc) is 2.85. The summed E-state index contributed by atoms with van der Waals surface area (Å²) in [5.74, 6) is 0.165. The van der Waals surface area contributed by atoms with Crippen LogP contribution in [0.15, 0.2) is 42.5 Å². The average molecular weight is 515 g/mol. The highest BCUT2D eigenvalue weighted by Gasteiger charge is 2.15. The van der Waals surface area contributed by atoms with E-state index in [1.54, 1.807) is 0 Å². The Hall–Kier alpha value is -1.98. The molecule has 0 aliphatic carbocycles.